The summed E-state index contributed by atoms with van der Waals surface area (Å²) in [5.41, 5.74) is 5.25. The highest BCUT2D eigenvalue weighted by molar-refractivity contribution is 5.74. The van der Waals surface area contributed by atoms with E-state index in [9.17, 15) is 18.0 Å². The smallest absolute Gasteiger partial charge is 0.336 e. The second-order valence-electron chi connectivity index (χ2n) is 3.27. The molecule has 0 saturated heterocycles. The number of halogens is 3. The lowest BCUT2D eigenvalue weighted by atomic mass is 10.2. The zero-order valence-corrected chi connectivity index (χ0v) is 8.53. The predicted octanol–water partition coefficient (Wildman–Crippen LogP) is 0.975. The average molecular weight is 227 g/mol. The minimum Gasteiger partial charge on any atom is -0.336 e. The zero-order chi connectivity index (χ0) is 11.9. The normalized spacial score (nSPS) is 13.4. The Labute approximate surface area is 86.4 Å². The predicted molar refractivity (Wildman–Crippen MR) is 50.3 cm³/mol. The maximum absolute atomic E-state index is 11.7. The third kappa shape index (κ3) is 9.33. The fourth-order valence-electron chi connectivity index (χ4n) is 0.952. The number of hydrogen-bond acceptors (Lipinski definition) is 2. The van der Waals surface area contributed by atoms with Gasteiger partial charge >= 0.3 is 12.2 Å². The van der Waals surface area contributed by atoms with Gasteiger partial charge in [-0.15, -0.1) is 0 Å². The van der Waals surface area contributed by atoms with E-state index >= 15 is 0 Å². The van der Waals surface area contributed by atoms with Crippen molar-refractivity contribution in [1.29, 1.82) is 0 Å². The van der Waals surface area contributed by atoms with Crippen molar-refractivity contribution in [2.75, 3.05) is 13.1 Å². The van der Waals surface area contributed by atoms with Crippen LogP contribution in [0.2, 0.25) is 0 Å². The summed E-state index contributed by atoms with van der Waals surface area (Å²) in [5.74, 6) is 0. The van der Waals surface area contributed by atoms with Crippen molar-refractivity contribution in [1.82, 2.24) is 10.6 Å². The third-order valence-corrected chi connectivity index (χ3v) is 1.67. The van der Waals surface area contributed by atoms with Gasteiger partial charge in [0.05, 0.1) is 0 Å². The van der Waals surface area contributed by atoms with Gasteiger partial charge in [-0.05, 0) is 26.3 Å². The molecule has 90 valence electrons. The summed E-state index contributed by atoms with van der Waals surface area (Å²) in [4.78, 5) is 10.9. The fraction of sp³-hybridized carbons (Fsp3) is 0.875. The Morgan fingerprint density at radius 3 is 2.53 bits per heavy atom. The first-order valence-corrected chi connectivity index (χ1v) is 4.66. The lowest BCUT2D eigenvalue weighted by Crippen LogP contribution is -2.44. The van der Waals surface area contributed by atoms with Crippen molar-refractivity contribution in [2.45, 2.75) is 32.0 Å². The number of rotatable bonds is 5. The molecule has 4 nitrogen and oxygen atoms in total. The largest absolute Gasteiger partial charge is 0.405 e. The van der Waals surface area contributed by atoms with Crippen molar-refractivity contribution in [3.05, 3.63) is 0 Å². The SMILES string of the molecule is CC(CCCN)NC(=O)NCC(F)(F)F. The molecule has 0 rings (SSSR count). The Kier molecular flexibility index (Phi) is 6.07. The van der Waals surface area contributed by atoms with Gasteiger partial charge in [0.15, 0.2) is 0 Å². The summed E-state index contributed by atoms with van der Waals surface area (Å²) in [6.45, 7) is 0.890. The number of nitrogens with one attached hydrogen (secondary N) is 2. The molecule has 0 aromatic carbocycles. The highest BCUT2D eigenvalue weighted by Crippen LogP contribution is 2.11. The molecule has 0 bridgehead atoms. The van der Waals surface area contributed by atoms with Gasteiger partial charge in [-0.1, -0.05) is 0 Å². The van der Waals surface area contributed by atoms with Crippen LogP contribution in [0.4, 0.5) is 18.0 Å². The molecule has 7 heteroatoms. The Morgan fingerprint density at radius 1 is 1.47 bits per heavy atom. The molecule has 0 aromatic heterocycles. The Balaban J connectivity index is 3.64. The summed E-state index contributed by atoms with van der Waals surface area (Å²) in [5, 5.41) is 4.11. The lowest BCUT2D eigenvalue weighted by molar-refractivity contribution is -0.122. The van der Waals surface area contributed by atoms with E-state index in [2.05, 4.69) is 5.32 Å². The third-order valence-electron chi connectivity index (χ3n) is 1.67. The van der Waals surface area contributed by atoms with Gasteiger partial charge in [0.1, 0.15) is 6.54 Å². The van der Waals surface area contributed by atoms with Crippen molar-refractivity contribution >= 4 is 6.03 Å². The molecule has 0 heterocycles. The molecule has 1 unspecified atom stereocenters. The van der Waals surface area contributed by atoms with Crippen LogP contribution in [0.3, 0.4) is 0 Å². The highest BCUT2D eigenvalue weighted by atomic mass is 19.4. The first-order chi connectivity index (χ1) is 6.85. The maximum atomic E-state index is 11.7. The molecule has 4 N–H and O–H groups in total. The van der Waals surface area contributed by atoms with Crippen molar-refractivity contribution in [3.63, 3.8) is 0 Å². The van der Waals surface area contributed by atoms with E-state index in [0.717, 1.165) is 6.42 Å². The van der Waals surface area contributed by atoms with Crippen LogP contribution < -0.4 is 16.4 Å². The van der Waals surface area contributed by atoms with Crippen LogP contribution in [0, 0.1) is 0 Å². The summed E-state index contributed by atoms with van der Waals surface area (Å²) < 4.78 is 35.1. The lowest BCUT2D eigenvalue weighted by Gasteiger charge is -2.14. The topological polar surface area (TPSA) is 67.1 Å². The van der Waals surface area contributed by atoms with Gasteiger partial charge in [-0.3, -0.25) is 0 Å². The van der Waals surface area contributed by atoms with Gasteiger partial charge in [0, 0.05) is 6.04 Å². The van der Waals surface area contributed by atoms with E-state index in [4.69, 9.17) is 5.73 Å². The Bertz CT molecular complexity index is 196. The van der Waals surface area contributed by atoms with Crippen LogP contribution in [0.5, 0.6) is 0 Å². The highest BCUT2D eigenvalue weighted by Gasteiger charge is 2.27. The van der Waals surface area contributed by atoms with Crippen LogP contribution in [-0.4, -0.2) is 31.3 Å². The van der Waals surface area contributed by atoms with Crippen LogP contribution in [0.1, 0.15) is 19.8 Å². The number of amides is 2. The number of hydrogen-bond donors (Lipinski definition) is 3. The zero-order valence-electron chi connectivity index (χ0n) is 8.53. The average Bonchev–Trinajstić information content (AvgIpc) is 2.10. The molecule has 0 saturated carbocycles. The van der Waals surface area contributed by atoms with Crippen LogP contribution in [-0.2, 0) is 0 Å². The van der Waals surface area contributed by atoms with Gasteiger partial charge in [-0.25, -0.2) is 4.79 Å². The van der Waals surface area contributed by atoms with E-state index in [1.807, 2.05) is 0 Å². The number of carbonyl (C=O) groups is 1. The number of urea groups is 1. The van der Waals surface area contributed by atoms with Gasteiger partial charge < -0.3 is 16.4 Å². The van der Waals surface area contributed by atoms with Gasteiger partial charge in [0.25, 0.3) is 0 Å². The number of nitrogens with two attached hydrogens (primary N) is 1. The van der Waals surface area contributed by atoms with E-state index in [1.165, 1.54) is 0 Å². The fourth-order valence-corrected chi connectivity index (χ4v) is 0.952. The maximum Gasteiger partial charge on any atom is 0.405 e. The van der Waals surface area contributed by atoms with Gasteiger partial charge in [0.2, 0.25) is 0 Å². The standard InChI is InChI=1S/C8H16F3N3O/c1-6(3-2-4-12)14-7(15)13-5-8(9,10)11/h6H,2-5,12H2,1H3,(H2,13,14,15). The number of carbonyl (C=O) groups excluding carboxylic acids is 1. The molecule has 0 aromatic rings. The first kappa shape index (κ1) is 14.0. The molecule has 0 aliphatic carbocycles. The van der Waals surface area contributed by atoms with Crippen LogP contribution in [0.25, 0.3) is 0 Å². The Morgan fingerprint density at radius 2 is 2.07 bits per heavy atom. The van der Waals surface area contributed by atoms with E-state index in [1.54, 1.807) is 12.2 Å². The van der Waals surface area contributed by atoms with Crippen molar-refractivity contribution < 1.29 is 18.0 Å². The molecule has 15 heavy (non-hydrogen) atoms. The summed E-state index contributed by atoms with van der Waals surface area (Å²) in [6.07, 6.45) is -3.01. The monoisotopic (exact) mass is 227 g/mol. The minimum absolute atomic E-state index is 0.179. The molecular formula is C8H16F3N3O. The Hall–Kier alpha value is -0.980. The molecule has 0 aliphatic heterocycles. The van der Waals surface area contributed by atoms with E-state index < -0.39 is 18.8 Å². The van der Waals surface area contributed by atoms with Crippen LogP contribution >= 0.6 is 0 Å². The van der Waals surface area contributed by atoms with E-state index in [-0.39, 0.29) is 6.04 Å². The van der Waals surface area contributed by atoms with E-state index in [0.29, 0.717) is 13.0 Å². The molecule has 0 fully saturated rings. The summed E-state index contributed by atoms with van der Waals surface area (Å²) >= 11 is 0. The molecular weight excluding hydrogens is 211 g/mol. The molecule has 0 radical (unpaired) electrons. The first-order valence-electron chi connectivity index (χ1n) is 4.66. The second-order valence-corrected chi connectivity index (χ2v) is 3.27. The van der Waals surface area contributed by atoms with Crippen LogP contribution in [0.15, 0.2) is 0 Å². The molecule has 1 atom stereocenters. The van der Waals surface area contributed by atoms with Gasteiger partial charge in [-0.2, -0.15) is 13.2 Å². The molecule has 0 spiro atoms. The van der Waals surface area contributed by atoms with Crippen molar-refractivity contribution in [3.8, 4) is 0 Å². The minimum atomic E-state index is -4.38. The quantitative estimate of drug-likeness (QED) is 0.655. The molecule has 2 amide bonds. The summed E-state index contributed by atoms with van der Waals surface area (Å²) in [7, 11) is 0. The molecule has 0 aliphatic rings. The number of alkyl halides is 3. The van der Waals surface area contributed by atoms with Crippen molar-refractivity contribution in [2.24, 2.45) is 5.73 Å². The summed E-state index contributed by atoms with van der Waals surface area (Å²) in [6, 6.07) is -0.987. The second kappa shape index (κ2) is 6.49.